The lowest BCUT2D eigenvalue weighted by atomic mass is 9.94. The van der Waals surface area contributed by atoms with Crippen LogP contribution < -0.4 is 4.90 Å². The third-order valence-corrected chi connectivity index (χ3v) is 4.80. The van der Waals surface area contributed by atoms with Gasteiger partial charge in [0.25, 0.3) is 5.91 Å². The van der Waals surface area contributed by atoms with E-state index in [4.69, 9.17) is 4.42 Å². The summed E-state index contributed by atoms with van der Waals surface area (Å²) in [7, 11) is 0. The summed E-state index contributed by atoms with van der Waals surface area (Å²) < 4.78 is 5.16. The second-order valence-corrected chi connectivity index (χ2v) is 6.73. The topological polar surface area (TPSA) is 111 Å². The summed E-state index contributed by atoms with van der Waals surface area (Å²) in [6.07, 6.45) is 1.32. The zero-order chi connectivity index (χ0) is 20.7. The zero-order valence-electron chi connectivity index (χ0n) is 15.4. The number of nitrogens with zero attached hydrogens (tertiary/aromatic N) is 1. The fourth-order valence-corrected chi connectivity index (χ4v) is 3.42. The molecule has 2 aromatic carbocycles. The van der Waals surface area contributed by atoms with E-state index < -0.39 is 23.5 Å². The Morgan fingerprint density at radius 2 is 1.76 bits per heavy atom. The van der Waals surface area contributed by atoms with Crippen molar-refractivity contribution >= 4 is 17.4 Å². The number of phenols is 2. The molecule has 3 aromatic rings. The minimum atomic E-state index is -1.02. The number of aliphatic hydroxyl groups is 1. The van der Waals surface area contributed by atoms with Crippen molar-refractivity contribution in [3.8, 4) is 11.5 Å². The zero-order valence-corrected chi connectivity index (χ0v) is 15.4. The summed E-state index contributed by atoms with van der Waals surface area (Å²) in [4.78, 5) is 27.2. The first-order chi connectivity index (χ1) is 13.9. The summed E-state index contributed by atoms with van der Waals surface area (Å²) in [6.45, 7) is 1.79. The number of carbonyl (C=O) groups excluding carboxylic acids is 2. The molecule has 0 saturated carbocycles. The summed E-state index contributed by atoms with van der Waals surface area (Å²) in [6, 6.07) is 12.6. The van der Waals surface area contributed by atoms with Crippen LogP contribution in [0.3, 0.4) is 0 Å². The predicted octanol–water partition coefficient (Wildman–Crippen LogP) is 3.78. The van der Waals surface area contributed by atoms with Crippen LogP contribution in [0.5, 0.6) is 11.5 Å². The van der Waals surface area contributed by atoms with Crippen LogP contribution in [0.1, 0.15) is 27.7 Å². The largest absolute Gasteiger partial charge is 0.508 e. The molecule has 3 N–H and O–H groups in total. The van der Waals surface area contributed by atoms with Gasteiger partial charge in [0, 0.05) is 0 Å². The Labute approximate surface area is 165 Å². The minimum absolute atomic E-state index is 0.00939. The smallest absolute Gasteiger partial charge is 0.294 e. The van der Waals surface area contributed by atoms with E-state index in [-0.39, 0.29) is 28.5 Å². The first-order valence-electron chi connectivity index (χ1n) is 8.82. The van der Waals surface area contributed by atoms with Crippen molar-refractivity contribution in [3.05, 3.63) is 89.1 Å². The quantitative estimate of drug-likeness (QED) is 0.584. The first kappa shape index (κ1) is 18.4. The van der Waals surface area contributed by atoms with Gasteiger partial charge in [0.15, 0.2) is 11.5 Å². The van der Waals surface area contributed by atoms with Crippen molar-refractivity contribution in [1.82, 2.24) is 0 Å². The van der Waals surface area contributed by atoms with Gasteiger partial charge in [0.2, 0.25) is 5.78 Å². The van der Waals surface area contributed by atoms with Crippen LogP contribution in [0.4, 0.5) is 5.69 Å². The molecular formula is C22H17NO6. The summed E-state index contributed by atoms with van der Waals surface area (Å²) in [5.41, 5.74) is 1.23. The fraction of sp³-hybridized carbons (Fsp3) is 0.0909. The molecule has 0 fully saturated rings. The SMILES string of the molecule is Cc1ccc(O)c(N2C(=O)C(O)=C(C(=O)c3ccco3)C2c2ccc(O)cc2)c1. The van der Waals surface area contributed by atoms with Gasteiger partial charge in [-0.3, -0.25) is 14.5 Å². The van der Waals surface area contributed by atoms with Crippen LogP contribution in [-0.2, 0) is 4.79 Å². The highest BCUT2D eigenvalue weighted by Crippen LogP contribution is 2.45. The van der Waals surface area contributed by atoms with E-state index in [1.54, 1.807) is 31.2 Å². The number of aliphatic hydroxyl groups excluding tert-OH is 1. The fourth-order valence-electron chi connectivity index (χ4n) is 3.42. The molecule has 1 unspecified atom stereocenters. The monoisotopic (exact) mass is 391 g/mol. The van der Waals surface area contributed by atoms with Gasteiger partial charge < -0.3 is 19.7 Å². The highest BCUT2D eigenvalue weighted by atomic mass is 16.3. The van der Waals surface area contributed by atoms with E-state index in [1.165, 1.54) is 41.5 Å². The highest BCUT2D eigenvalue weighted by Gasteiger charge is 2.46. The van der Waals surface area contributed by atoms with Crippen LogP contribution in [0, 0.1) is 6.92 Å². The van der Waals surface area contributed by atoms with Gasteiger partial charge in [0.05, 0.1) is 23.6 Å². The van der Waals surface area contributed by atoms with Gasteiger partial charge in [-0.1, -0.05) is 18.2 Å². The van der Waals surface area contributed by atoms with E-state index in [1.807, 2.05) is 0 Å². The number of Topliss-reactive ketones (excluding diaryl/α,β-unsaturated/α-hetero) is 1. The molecule has 7 nitrogen and oxygen atoms in total. The van der Waals surface area contributed by atoms with Crippen LogP contribution in [-0.4, -0.2) is 27.0 Å². The van der Waals surface area contributed by atoms with Crippen molar-refractivity contribution in [3.63, 3.8) is 0 Å². The number of hydrogen-bond acceptors (Lipinski definition) is 6. The Hall–Kier alpha value is -4.00. The van der Waals surface area contributed by atoms with E-state index in [2.05, 4.69) is 0 Å². The van der Waals surface area contributed by atoms with Gasteiger partial charge in [0.1, 0.15) is 11.5 Å². The molecule has 0 saturated heterocycles. The molecule has 146 valence electrons. The molecule has 1 amide bonds. The number of benzene rings is 2. The molecule has 1 aliphatic heterocycles. The molecule has 0 aliphatic carbocycles. The molecular weight excluding hydrogens is 374 g/mol. The molecule has 1 aromatic heterocycles. The third-order valence-electron chi connectivity index (χ3n) is 4.80. The van der Waals surface area contributed by atoms with Crippen LogP contribution in [0.2, 0.25) is 0 Å². The van der Waals surface area contributed by atoms with Crippen LogP contribution in [0.15, 0.2) is 76.6 Å². The highest BCUT2D eigenvalue weighted by molar-refractivity contribution is 6.20. The Morgan fingerprint density at radius 3 is 2.41 bits per heavy atom. The van der Waals surface area contributed by atoms with Gasteiger partial charge in [-0.2, -0.15) is 0 Å². The number of furan rings is 1. The summed E-state index contributed by atoms with van der Waals surface area (Å²) in [5.74, 6) is -2.38. The van der Waals surface area contributed by atoms with Crippen molar-refractivity contribution in [2.75, 3.05) is 4.90 Å². The molecule has 0 radical (unpaired) electrons. The molecule has 7 heteroatoms. The summed E-state index contributed by atoms with van der Waals surface area (Å²) >= 11 is 0. The lowest BCUT2D eigenvalue weighted by Gasteiger charge is -2.27. The Bertz CT molecular complexity index is 1130. The lowest BCUT2D eigenvalue weighted by molar-refractivity contribution is -0.117. The van der Waals surface area contributed by atoms with E-state index in [0.29, 0.717) is 5.56 Å². The molecule has 29 heavy (non-hydrogen) atoms. The average molecular weight is 391 g/mol. The number of rotatable bonds is 4. The number of ketones is 1. The van der Waals surface area contributed by atoms with Gasteiger partial charge in [-0.05, 0) is 54.4 Å². The number of aryl methyl sites for hydroxylation is 1. The third kappa shape index (κ3) is 3.02. The number of amides is 1. The molecule has 0 spiro atoms. The summed E-state index contributed by atoms with van der Waals surface area (Å²) in [5, 5.41) is 30.6. The van der Waals surface area contributed by atoms with Crippen LogP contribution in [0.25, 0.3) is 0 Å². The van der Waals surface area contributed by atoms with E-state index in [0.717, 1.165) is 5.56 Å². The molecule has 1 aliphatic rings. The van der Waals surface area contributed by atoms with Gasteiger partial charge >= 0.3 is 0 Å². The Morgan fingerprint density at radius 1 is 1.03 bits per heavy atom. The molecule has 0 bridgehead atoms. The maximum absolute atomic E-state index is 13.0. The second-order valence-electron chi connectivity index (χ2n) is 6.73. The lowest BCUT2D eigenvalue weighted by Crippen LogP contribution is -2.31. The second kappa shape index (κ2) is 6.87. The average Bonchev–Trinajstić information content (AvgIpc) is 3.32. The standard InChI is InChI=1S/C22H17NO6/c1-12-4-9-16(25)15(11-12)23-19(13-5-7-14(24)8-6-13)18(21(27)22(23)28)20(26)17-3-2-10-29-17/h2-11,19,24-25,27H,1H3. The number of phenolic OH excluding ortho intramolecular Hbond substituents is 2. The number of hydrogen-bond donors (Lipinski definition) is 3. The molecule has 4 rings (SSSR count). The van der Waals surface area contributed by atoms with E-state index in [9.17, 15) is 24.9 Å². The number of carbonyl (C=O) groups is 2. The number of anilines is 1. The minimum Gasteiger partial charge on any atom is -0.508 e. The maximum Gasteiger partial charge on any atom is 0.294 e. The van der Waals surface area contributed by atoms with Gasteiger partial charge in [-0.15, -0.1) is 0 Å². The van der Waals surface area contributed by atoms with Crippen molar-refractivity contribution in [2.45, 2.75) is 13.0 Å². The van der Waals surface area contributed by atoms with Crippen LogP contribution >= 0.6 is 0 Å². The Balaban J connectivity index is 1.92. The van der Waals surface area contributed by atoms with Crippen molar-refractivity contribution in [1.29, 1.82) is 0 Å². The normalized spacial score (nSPS) is 16.5. The number of aromatic hydroxyl groups is 2. The molecule has 1 atom stereocenters. The maximum atomic E-state index is 13.0. The van der Waals surface area contributed by atoms with Gasteiger partial charge in [-0.25, -0.2) is 0 Å². The van der Waals surface area contributed by atoms with Crippen molar-refractivity contribution < 1.29 is 29.3 Å². The first-order valence-corrected chi connectivity index (χ1v) is 8.82. The van der Waals surface area contributed by atoms with Crippen molar-refractivity contribution in [2.24, 2.45) is 0 Å². The predicted molar refractivity (Wildman–Crippen MR) is 104 cm³/mol. The van der Waals surface area contributed by atoms with E-state index >= 15 is 0 Å². The molecule has 2 heterocycles. The Kier molecular flexibility index (Phi) is 4.35.